The third kappa shape index (κ3) is 21.8. The lowest BCUT2D eigenvalue weighted by atomic mass is 10.1. The van der Waals surface area contributed by atoms with E-state index in [-0.39, 0.29) is 114 Å². The average Bonchev–Trinajstić information content (AvgIpc) is 3.75. The normalized spacial score (nSPS) is 12.3. The van der Waals surface area contributed by atoms with Crippen LogP contribution < -0.4 is 56.5 Å². The van der Waals surface area contributed by atoms with E-state index in [1.165, 1.54) is 21.0 Å². The predicted octanol–water partition coefficient (Wildman–Crippen LogP) is -3.22. The smallest absolute Gasteiger partial charge is 0.243 e. The highest BCUT2D eigenvalue weighted by Crippen LogP contribution is 2.15. The number of aliphatic imine (C=N–C) groups is 2. The number of unbranched alkanes of at least 4 members (excludes halogenated alkanes) is 4. The van der Waals surface area contributed by atoms with Crippen LogP contribution in [0.5, 0.6) is 0 Å². The molecule has 0 radical (unpaired) electrons. The standard InChI is InChI=1S/C39H75N17O6/c1-2-32(57)54(22-17-42)30(12-10-19-52-39(46)47)36(61)49-21-24-56(34(59)13-4-3-7-15-40)31(25-28-26-48-27-53-28)37(62)50-20-23-55(29(35(43)60)11-5-8-16-41)33(58)14-6-9-18-51-38(44)45/h26-27,29-31H,2-25,40-42H2,1H3,(H2,43,60)(H,48,53)(H,49,61)(H,50,62)(H4,44,45,51)(H4,46,47,52)/t29-,30-,31-/m0/s1. The Morgan fingerprint density at radius 1 is 0.629 bits per heavy atom. The summed E-state index contributed by atoms with van der Waals surface area (Å²) < 4.78 is 0. The number of aromatic nitrogens is 2. The van der Waals surface area contributed by atoms with Crippen molar-refractivity contribution in [2.24, 2.45) is 55.9 Å². The molecule has 0 aromatic carbocycles. The lowest BCUT2D eigenvalue weighted by Crippen LogP contribution is -2.56. The van der Waals surface area contributed by atoms with Crippen LogP contribution in [-0.2, 0) is 35.2 Å². The minimum absolute atomic E-state index is 0.0401. The number of rotatable bonds is 35. The monoisotopic (exact) mass is 878 g/mol. The molecule has 0 fully saturated rings. The second-order valence-corrected chi connectivity index (χ2v) is 14.8. The van der Waals surface area contributed by atoms with Gasteiger partial charge in [-0.2, -0.15) is 0 Å². The summed E-state index contributed by atoms with van der Waals surface area (Å²) in [7, 11) is 0. The molecule has 23 heteroatoms. The topological polar surface area (TPSA) is 398 Å². The summed E-state index contributed by atoms with van der Waals surface area (Å²) in [4.78, 5) is 101. The highest BCUT2D eigenvalue weighted by atomic mass is 16.2. The summed E-state index contributed by atoms with van der Waals surface area (Å²) in [6.07, 6.45) is 8.37. The molecule has 0 aliphatic heterocycles. The van der Waals surface area contributed by atoms with Crippen molar-refractivity contribution in [2.45, 2.75) is 115 Å². The quantitative estimate of drug-likeness (QED) is 0.0182. The van der Waals surface area contributed by atoms with E-state index >= 15 is 0 Å². The van der Waals surface area contributed by atoms with Crippen molar-refractivity contribution in [3.63, 3.8) is 0 Å². The molecule has 1 heterocycles. The number of guanidine groups is 2. The number of nitrogens with one attached hydrogen (secondary N) is 3. The number of imidazole rings is 1. The molecule has 0 saturated carbocycles. The van der Waals surface area contributed by atoms with Crippen LogP contribution >= 0.6 is 0 Å². The molecule has 6 amide bonds. The van der Waals surface area contributed by atoms with Gasteiger partial charge in [0.2, 0.25) is 35.4 Å². The molecule has 19 N–H and O–H groups in total. The van der Waals surface area contributed by atoms with E-state index in [4.69, 9.17) is 45.9 Å². The predicted molar refractivity (Wildman–Crippen MR) is 238 cm³/mol. The Morgan fingerprint density at radius 3 is 1.66 bits per heavy atom. The van der Waals surface area contributed by atoms with Gasteiger partial charge in [-0.15, -0.1) is 0 Å². The van der Waals surface area contributed by atoms with Gasteiger partial charge in [0, 0.05) is 89.9 Å². The summed E-state index contributed by atoms with van der Waals surface area (Å²) in [5, 5.41) is 5.75. The van der Waals surface area contributed by atoms with Crippen molar-refractivity contribution >= 4 is 47.4 Å². The van der Waals surface area contributed by atoms with Gasteiger partial charge in [-0.05, 0) is 70.9 Å². The van der Waals surface area contributed by atoms with Crippen LogP contribution in [0.2, 0.25) is 0 Å². The number of hydrogen-bond donors (Lipinski definition) is 11. The van der Waals surface area contributed by atoms with Gasteiger partial charge in [-0.3, -0.25) is 38.8 Å². The first-order valence-corrected chi connectivity index (χ1v) is 21.6. The van der Waals surface area contributed by atoms with Gasteiger partial charge in [0.25, 0.3) is 0 Å². The number of primary amides is 1. The minimum atomic E-state index is -1.09. The van der Waals surface area contributed by atoms with E-state index in [1.807, 2.05) is 0 Å². The Bertz CT molecular complexity index is 1540. The molecule has 0 aliphatic rings. The Kier molecular flexibility index (Phi) is 28.3. The number of H-pyrrole nitrogens is 1. The number of carbonyl (C=O) groups excluding carboxylic acids is 6. The van der Waals surface area contributed by atoms with Crippen LogP contribution in [0, 0.1) is 0 Å². The van der Waals surface area contributed by atoms with Crippen molar-refractivity contribution < 1.29 is 28.8 Å². The number of carbonyl (C=O) groups is 6. The second-order valence-electron chi connectivity index (χ2n) is 14.8. The van der Waals surface area contributed by atoms with Crippen molar-refractivity contribution in [1.29, 1.82) is 0 Å². The molecule has 0 aliphatic carbocycles. The van der Waals surface area contributed by atoms with Gasteiger partial charge in [0.05, 0.1) is 6.33 Å². The average molecular weight is 878 g/mol. The van der Waals surface area contributed by atoms with Crippen molar-refractivity contribution in [3.8, 4) is 0 Å². The molecule has 3 atom stereocenters. The van der Waals surface area contributed by atoms with E-state index < -0.39 is 35.8 Å². The van der Waals surface area contributed by atoms with Crippen LogP contribution in [0.3, 0.4) is 0 Å². The zero-order valence-corrected chi connectivity index (χ0v) is 36.6. The highest BCUT2D eigenvalue weighted by Gasteiger charge is 2.33. The molecule has 62 heavy (non-hydrogen) atoms. The van der Waals surface area contributed by atoms with Gasteiger partial charge in [-0.25, -0.2) is 4.98 Å². The first-order chi connectivity index (χ1) is 29.7. The fourth-order valence-electron chi connectivity index (χ4n) is 6.82. The first kappa shape index (κ1) is 54.5. The molecular formula is C39H75N17O6. The third-order valence-corrected chi connectivity index (χ3v) is 10.0. The maximum atomic E-state index is 14.3. The second kappa shape index (κ2) is 32.2. The SMILES string of the molecule is CCC(=O)N(CCN)[C@@H](CCCN=C(N)N)C(=O)NCCN(C(=O)CCCCCN)[C@@H](Cc1cnc[nH]1)C(=O)NCCN(C(=O)CCCCN=C(N)N)[C@@H](CCCCN)C(N)=O. The maximum Gasteiger partial charge on any atom is 0.243 e. The van der Waals surface area contributed by atoms with Gasteiger partial charge >= 0.3 is 0 Å². The first-order valence-electron chi connectivity index (χ1n) is 21.6. The van der Waals surface area contributed by atoms with Crippen LogP contribution in [0.25, 0.3) is 0 Å². The Morgan fingerprint density at radius 2 is 1.15 bits per heavy atom. The zero-order valence-electron chi connectivity index (χ0n) is 36.6. The van der Waals surface area contributed by atoms with Crippen molar-refractivity contribution in [3.05, 3.63) is 18.2 Å². The maximum absolute atomic E-state index is 14.3. The van der Waals surface area contributed by atoms with Gasteiger partial charge in [-0.1, -0.05) is 13.3 Å². The largest absolute Gasteiger partial charge is 0.370 e. The summed E-state index contributed by atoms with van der Waals surface area (Å²) in [6.45, 7) is 3.15. The summed E-state index contributed by atoms with van der Waals surface area (Å²) in [5.41, 5.74) is 45.3. The molecule has 0 unspecified atom stereocenters. The highest BCUT2D eigenvalue weighted by molar-refractivity contribution is 5.89. The molecule has 1 aromatic heterocycles. The Balaban J connectivity index is 3.42. The van der Waals surface area contributed by atoms with Gasteiger partial charge in [0.15, 0.2) is 11.9 Å². The minimum Gasteiger partial charge on any atom is -0.370 e. The van der Waals surface area contributed by atoms with Crippen molar-refractivity contribution in [2.75, 3.05) is 65.4 Å². The summed E-state index contributed by atoms with van der Waals surface area (Å²) in [5.74, 6) is -2.77. The molecule has 0 spiro atoms. The van der Waals surface area contributed by atoms with Gasteiger partial charge in [0.1, 0.15) is 18.1 Å². The fraction of sp³-hybridized carbons (Fsp3) is 0.718. The molecule has 1 rings (SSSR count). The summed E-state index contributed by atoms with van der Waals surface area (Å²) in [6, 6.07) is -2.92. The third-order valence-electron chi connectivity index (χ3n) is 10.0. The zero-order chi connectivity index (χ0) is 46.3. The molecule has 0 bridgehead atoms. The van der Waals surface area contributed by atoms with E-state index in [0.717, 1.165) is 0 Å². The Labute approximate surface area is 365 Å². The van der Waals surface area contributed by atoms with E-state index in [1.54, 1.807) is 13.1 Å². The van der Waals surface area contributed by atoms with E-state index in [9.17, 15) is 28.8 Å². The fourth-order valence-corrected chi connectivity index (χ4v) is 6.82. The molecule has 352 valence electrons. The van der Waals surface area contributed by atoms with Crippen LogP contribution in [0.15, 0.2) is 22.5 Å². The lowest BCUT2D eigenvalue weighted by molar-refractivity contribution is -0.142. The van der Waals surface area contributed by atoms with Crippen LogP contribution in [0.1, 0.15) is 96.1 Å². The number of aromatic amines is 1. The number of nitrogens with two attached hydrogens (primary N) is 8. The summed E-state index contributed by atoms with van der Waals surface area (Å²) >= 11 is 0. The lowest BCUT2D eigenvalue weighted by Gasteiger charge is -2.33. The van der Waals surface area contributed by atoms with E-state index in [0.29, 0.717) is 76.7 Å². The van der Waals surface area contributed by atoms with Crippen LogP contribution in [-0.4, -0.2) is 156 Å². The molecule has 1 aromatic rings. The number of nitrogens with zero attached hydrogens (tertiary/aromatic N) is 6. The molecule has 0 saturated heterocycles. The molecule has 23 nitrogen and oxygen atoms in total. The van der Waals surface area contributed by atoms with Crippen LogP contribution in [0.4, 0.5) is 0 Å². The Hall–Kier alpha value is -5.55. The number of amides is 6. The number of hydrogen-bond acceptors (Lipinski definition) is 12. The molecular weight excluding hydrogens is 803 g/mol. The van der Waals surface area contributed by atoms with Crippen molar-refractivity contribution in [1.82, 2.24) is 35.3 Å². The van der Waals surface area contributed by atoms with E-state index in [2.05, 4.69) is 30.6 Å². The van der Waals surface area contributed by atoms with Gasteiger partial charge < -0.3 is 76.2 Å².